The van der Waals surface area contributed by atoms with Crippen LogP contribution in [0, 0.1) is 12.3 Å². The molecule has 5 nitrogen and oxygen atoms in total. The molecule has 114 valence electrons. The van der Waals surface area contributed by atoms with E-state index in [4.69, 9.17) is 5.73 Å². The van der Waals surface area contributed by atoms with Gasteiger partial charge in [0.1, 0.15) is 0 Å². The normalized spacial score (nSPS) is 16.5. The van der Waals surface area contributed by atoms with Gasteiger partial charge in [-0.1, -0.05) is 18.9 Å². The predicted octanol–water partition coefficient (Wildman–Crippen LogP) is 1.81. The Morgan fingerprint density at radius 2 is 1.95 bits per heavy atom. The van der Waals surface area contributed by atoms with E-state index in [0.29, 0.717) is 17.8 Å². The lowest BCUT2D eigenvalue weighted by Crippen LogP contribution is -2.40. The van der Waals surface area contributed by atoms with E-state index in [1.54, 1.807) is 19.2 Å². The van der Waals surface area contributed by atoms with E-state index in [-0.39, 0.29) is 11.8 Å². The van der Waals surface area contributed by atoms with Gasteiger partial charge in [0.2, 0.25) is 5.91 Å². The molecule has 1 aliphatic rings. The predicted molar refractivity (Wildman–Crippen MR) is 83.2 cm³/mol. The van der Waals surface area contributed by atoms with E-state index in [1.807, 2.05) is 13.0 Å². The van der Waals surface area contributed by atoms with Crippen LogP contribution in [0.2, 0.25) is 0 Å². The maximum Gasteiger partial charge on any atom is 0.251 e. The number of benzene rings is 1. The number of rotatable bonds is 4. The highest BCUT2D eigenvalue weighted by molar-refractivity contribution is 5.99. The van der Waals surface area contributed by atoms with Gasteiger partial charge in [-0.3, -0.25) is 9.59 Å². The van der Waals surface area contributed by atoms with Crippen molar-refractivity contribution in [2.24, 2.45) is 11.1 Å². The Kier molecular flexibility index (Phi) is 4.63. The molecule has 0 saturated heterocycles. The highest BCUT2D eigenvalue weighted by Gasteiger charge is 2.39. The summed E-state index contributed by atoms with van der Waals surface area (Å²) in [4.78, 5) is 24.3. The maximum atomic E-state index is 12.6. The summed E-state index contributed by atoms with van der Waals surface area (Å²) in [5.74, 6) is -0.195. The number of nitrogens with two attached hydrogens (primary N) is 1. The van der Waals surface area contributed by atoms with Crippen LogP contribution < -0.4 is 16.4 Å². The van der Waals surface area contributed by atoms with Crippen molar-refractivity contribution in [1.29, 1.82) is 0 Å². The summed E-state index contributed by atoms with van der Waals surface area (Å²) < 4.78 is 0. The van der Waals surface area contributed by atoms with E-state index < -0.39 is 5.41 Å². The second kappa shape index (κ2) is 6.26. The fraction of sp³-hybridized carbons (Fsp3) is 0.500. The van der Waals surface area contributed by atoms with E-state index >= 15 is 0 Å². The third-order valence-corrected chi connectivity index (χ3v) is 4.41. The van der Waals surface area contributed by atoms with Crippen LogP contribution >= 0.6 is 0 Å². The third-order valence-electron chi connectivity index (χ3n) is 4.41. The quantitative estimate of drug-likeness (QED) is 0.790. The van der Waals surface area contributed by atoms with Gasteiger partial charge < -0.3 is 16.4 Å². The molecule has 0 aliphatic heterocycles. The first-order chi connectivity index (χ1) is 10.0. The second-order valence-electron chi connectivity index (χ2n) is 5.75. The minimum Gasteiger partial charge on any atom is -0.355 e. The van der Waals surface area contributed by atoms with Crippen LogP contribution in [0.4, 0.5) is 5.69 Å². The van der Waals surface area contributed by atoms with Gasteiger partial charge in [-0.05, 0) is 37.5 Å². The minimum atomic E-state index is -0.449. The lowest BCUT2D eigenvalue weighted by molar-refractivity contribution is -0.124. The molecule has 0 heterocycles. The van der Waals surface area contributed by atoms with Crippen molar-refractivity contribution in [2.45, 2.75) is 32.6 Å². The third kappa shape index (κ3) is 3.08. The Morgan fingerprint density at radius 1 is 1.29 bits per heavy atom. The molecule has 1 aromatic carbocycles. The number of aryl methyl sites for hydroxylation is 1. The molecule has 0 aromatic heterocycles. The summed E-state index contributed by atoms with van der Waals surface area (Å²) in [5.41, 5.74) is 7.53. The average Bonchev–Trinajstić information content (AvgIpc) is 2.98. The smallest absolute Gasteiger partial charge is 0.251 e. The first kappa shape index (κ1) is 15.5. The second-order valence-corrected chi connectivity index (χ2v) is 5.75. The van der Waals surface area contributed by atoms with Crippen LogP contribution in [0.25, 0.3) is 0 Å². The van der Waals surface area contributed by atoms with Crippen LogP contribution in [0.1, 0.15) is 41.6 Å². The molecule has 0 radical (unpaired) electrons. The summed E-state index contributed by atoms with van der Waals surface area (Å²) in [7, 11) is 1.59. The molecule has 1 aliphatic carbocycles. The number of carbonyl (C=O) groups excluding carboxylic acids is 2. The summed E-state index contributed by atoms with van der Waals surface area (Å²) in [6.07, 6.45) is 3.76. The van der Waals surface area contributed by atoms with Gasteiger partial charge in [-0.25, -0.2) is 0 Å². The molecule has 21 heavy (non-hydrogen) atoms. The van der Waals surface area contributed by atoms with Gasteiger partial charge in [-0.2, -0.15) is 0 Å². The molecule has 0 atom stereocenters. The molecule has 0 unspecified atom stereocenters. The molecular formula is C16H23N3O2. The zero-order valence-electron chi connectivity index (χ0n) is 12.7. The first-order valence-corrected chi connectivity index (χ1v) is 7.37. The molecule has 0 spiro atoms. The Hall–Kier alpha value is -1.88. The van der Waals surface area contributed by atoms with Crippen molar-refractivity contribution in [3.05, 3.63) is 29.3 Å². The largest absolute Gasteiger partial charge is 0.355 e. The van der Waals surface area contributed by atoms with E-state index in [9.17, 15) is 9.59 Å². The van der Waals surface area contributed by atoms with Gasteiger partial charge in [-0.15, -0.1) is 0 Å². The Balaban J connectivity index is 2.22. The summed E-state index contributed by atoms with van der Waals surface area (Å²) in [6.45, 7) is 2.28. The zero-order chi connectivity index (χ0) is 15.5. The summed E-state index contributed by atoms with van der Waals surface area (Å²) in [6, 6.07) is 5.30. The standard InChI is InChI=1S/C16H23N3O2/c1-11-5-6-12(14(20)18-2)9-13(11)19-15(21)16(10-17)7-3-4-8-16/h5-6,9H,3-4,7-8,10,17H2,1-2H3,(H,18,20)(H,19,21). The van der Waals surface area contributed by atoms with Crippen molar-refractivity contribution in [2.75, 3.05) is 18.9 Å². The van der Waals surface area contributed by atoms with Crippen molar-refractivity contribution in [3.63, 3.8) is 0 Å². The highest BCUT2D eigenvalue weighted by Crippen LogP contribution is 2.38. The van der Waals surface area contributed by atoms with Crippen molar-refractivity contribution in [3.8, 4) is 0 Å². The lowest BCUT2D eigenvalue weighted by atomic mass is 9.85. The molecule has 1 saturated carbocycles. The average molecular weight is 289 g/mol. The van der Waals surface area contributed by atoms with Crippen LogP contribution in [-0.2, 0) is 4.79 Å². The molecule has 1 fully saturated rings. The van der Waals surface area contributed by atoms with Crippen molar-refractivity contribution < 1.29 is 9.59 Å². The zero-order valence-corrected chi connectivity index (χ0v) is 12.7. The van der Waals surface area contributed by atoms with Gasteiger partial charge in [0.25, 0.3) is 5.91 Å². The van der Waals surface area contributed by atoms with Gasteiger partial charge in [0, 0.05) is 24.8 Å². The fourth-order valence-corrected chi connectivity index (χ4v) is 2.87. The van der Waals surface area contributed by atoms with Crippen molar-refractivity contribution in [1.82, 2.24) is 5.32 Å². The number of anilines is 1. The minimum absolute atomic E-state index is 0.0281. The van der Waals surface area contributed by atoms with Gasteiger partial charge in [0.15, 0.2) is 0 Å². The van der Waals surface area contributed by atoms with E-state index in [2.05, 4.69) is 10.6 Å². The fourth-order valence-electron chi connectivity index (χ4n) is 2.87. The Morgan fingerprint density at radius 3 is 2.52 bits per heavy atom. The van der Waals surface area contributed by atoms with Crippen LogP contribution in [0.5, 0.6) is 0 Å². The number of nitrogens with one attached hydrogen (secondary N) is 2. The maximum absolute atomic E-state index is 12.6. The molecule has 4 N–H and O–H groups in total. The molecular weight excluding hydrogens is 266 g/mol. The topological polar surface area (TPSA) is 84.2 Å². The van der Waals surface area contributed by atoms with Gasteiger partial charge >= 0.3 is 0 Å². The highest BCUT2D eigenvalue weighted by atomic mass is 16.2. The molecule has 2 rings (SSSR count). The summed E-state index contributed by atoms with van der Waals surface area (Å²) in [5, 5.41) is 5.55. The van der Waals surface area contributed by atoms with Crippen molar-refractivity contribution >= 4 is 17.5 Å². The first-order valence-electron chi connectivity index (χ1n) is 7.37. The van der Waals surface area contributed by atoms with E-state index in [0.717, 1.165) is 31.2 Å². The van der Waals surface area contributed by atoms with Crippen LogP contribution in [0.3, 0.4) is 0 Å². The van der Waals surface area contributed by atoms with Crippen LogP contribution in [-0.4, -0.2) is 25.4 Å². The van der Waals surface area contributed by atoms with Gasteiger partial charge in [0.05, 0.1) is 5.41 Å². The van der Waals surface area contributed by atoms with E-state index in [1.165, 1.54) is 0 Å². The Bertz CT molecular complexity index is 548. The monoisotopic (exact) mass is 289 g/mol. The number of hydrogen-bond donors (Lipinski definition) is 3. The molecule has 1 aromatic rings. The number of amides is 2. The number of carbonyl (C=O) groups is 2. The van der Waals surface area contributed by atoms with Crippen LogP contribution in [0.15, 0.2) is 18.2 Å². The summed E-state index contributed by atoms with van der Waals surface area (Å²) >= 11 is 0. The number of hydrogen-bond acceptors (Lipinski definition) is 3. The lowest BCUT2D eigenvalue weighted by Gasteiger charge is -2.26. The molecule has 5 heteroatoms. The SMILES string of the molecule is CNC(=O)c1ccc(C)c(NC(=O)C2(CN)CCCC2)c1. The Labute approximate surface area is 125 Å². The molecule has 0 bridgehead atoms. The molecule has 2 amide bonds.